The molecule has 1 aromatic carbocycles. The van der Waals surface area contributed by atoms with E-state index in [4.69, 9.17) is 9.47 Å². The molecule has 1 atom stereocenters. The highest BCUT2D eigenvalue weighted by Crippen LogP contribution is 2.34. The predicted octanol–water partition coefficient (Wildman–Crippen LogP) is 0.936. The number of benzene rings is 1. The van der Waals surface area contributed by atoms with Crippen LogP contribution >= 0.6 is 0 Å². The van der Waals surface area contributed by atoms with Crippen LogP contribution in [0, 0.1) is 0 Å². The third-order valence-electron chi connectivity index (χ3n) is 3.47. The van der Waals surface area contributed by atoms with Gasteiger partial charge >= 0.3 is 0 Å². The maximum Gasteiger partial charge on any atom is 0.175 e. The lowest BCUT2D eigenvalue weighted by Gasteiger charge is -2.35. The predicted molar refractivity (Wildman–Crippen MR) is 70.5 cm³/mol. The number of hydrogen-bond acceptors (Lipinski definition) is 5. The number of nitrogens with zero attached hydrogens (tertiary/aromatic N) is 1. The fourth-order valence-corrected chi connectivity index (χ4v) is 2.91. The summed E-state index contributed by atoms with van der Waals surface area (Å²) in [5.74, 6) is 1.15. The normalized spacial score (nSPS) is 22.9. The van der Waals surface area contributed by atoms with Gasteiger partial charge in [-0.3, -0.25) is 4.90 Å². The maximum atomic E-state index is 11.5. The molecule has 2 aliphatic rings. The Kier molecular flexibility index (Phi) is 3.14. The zero-order valence-electron chi connectivity index (χ0n) is 10.8. The van der Waals surface area contributed by atoms with Gasteiger partial charge in [-0.1, -0.05) is 0 Å². The fourth-order valence-electron chi connectivity index (χ4n) is 2.27. The molecule has 0 radical (unpaired) electrons. The Morgan fingerprint density at radius 1 is 1.32 bits per heavy atom. The minimum Gasteiger partial charge on any atom is -0.486 e. The summed E-state index contributed by atoms with van der Waals surface area (Å²) in [5, 5.41) is 0. The standard InChI is InChI=1S/C13H17NO4S/c1-19(15,16)11-3-4-12-13(7-11)18-10(9-17-12)8-14-5-2-6-14/h3-4,7,10H,2,5-6,8-9H2,1H3. The van der Waals surface area contributed by atoms with Crippen LogP contribution in [0.3, 0.4) is 0 Å². The van der Waals surface area contributed by atoms with Crippen molar-refractivity contribution < 1.29 is 17.9 Å². The van der Waals surface area contributed by atoms with Crippen molar-refractivity contribution in [2.75, 3.05) is 32.5 Å². The molecule has 104 valence electrons. The third-order valence-corrected chi connectivity index (χ3v) is 4.58. The van der Waals surface area contributed by atoms with Crippen LogP contribution in [0.1, 0.15) is 6.42 Å². The molecule has 3 rings (SSSR count). The number of hydrogen-bond donors (Lipinski definition) is 0. The number of likely N-dealkylation sites (tertiary alicyclic amines) is 1. The molecule has 0 saturated carbocycles. The van der Waals surface area contributed by atoms with Crippen LogP contribution in [-0.2, 0) is 9.84 Å². The number of rotatable bonds is 3. The molecular formula is C13H17NO4S. The van der Waals surface area contributed by atoms with E-state index >= 15 is 0 Å². The van der Waals surface area contributed by atoms with Gasteiger partial charge in [-0.05, 0) is 31.6 Å². The van der Waals surface area contributed by atoms with Crippen molar-refractivity contribution in [1.29, 1.82) is 0 Å². The van der Waals surface area contributed by atoms with Crippen LogP contribution in [0.15, 0.2) is 23.1 Å². The van der Waals surface area contributed by atoms with E-state index in [1.807, 2.05) is 0 Å². The topological polar surface area (TPSA) is 55.8 Å². The Morgan fingerprint density at radius 3 is 2.74 bits per heavy atom. The van der Waals surface area contributed by atoms with E-state index in [9.17, 15) is 8.42 Å². The first-order valence-electron chi connectivity index (χ1n) is 6.38. The van der Waals surface area contributed by atoms with Crippen LogP contribution in [0.5, 0.6) is 11.5 Å². The van der Waals surface area contributed by atoms with Crippen molar-refractivity contribution in [1.82, 2.24) is 4.90 Å². The zero-order valence-corrected chi connectivity index (χ0v) is 11.6. The van der Waals surface area contributed by atoms with Gasteiger partial charge in [-0.25, -0.2) is 8.42 Å². The Balaban J connectivity index is 1.78. The van der Waals surface area contributed by atoms with Gasteiger partial charge in [0.2, 0.25) is 0 Å². The van der Waals surface area contributed by atoms with Crippen LogP contribution in [0.25, 0.3) is 0 Å². The van der Waals surface area contributed by atoms with Gasteiger partial charge in [-0.2, -0.15) is 0 Å². The summed E-state index contributed by atoms with van der Waals surface area (Å²) < 4.78 is 34.5. The molecule has 5 nitrogen and oxygen atoms in total. The molecule has 0 bridgehead atoms. The monoisotopic (exact) mass is 283 g/mol. The average Bonchev–Trinajstić information content (AvgIpc) is 2.32. The summed E-state index contributed by atoms with van der Waals surface area (Å²) in [6.07, 6.45) is 2.40. The maximum absolute atomic E-state index is 11.5. The number of ether oxygens (including phenoxy) is 2. The number of sulfone groups is 1. The van der Waals surface area contributed by atoms with Crippen molar-refractivity contribution in [3.05, 3.63) is 18.2 Å². The molecule has 1 aromatic rings. The highest BCUT2D eigenvalue weighted by molar-refractivity contribution is 7.90. The summed E-state index contributed by atoms with van der Waals surface area (Å²) >= 11 is 0. The smallest absolute Gasteiger partial charge is 0.175 e. The van der Waals surface area contributed by atoms with Gasteiger partial charge in [0.05, 0.1) is 4.90 Å². The Morgan fingerprint density at radius 2 is 2.11 bits per heavy atom. The zero-order chi connectivity index (χ0) is 13.5. The largest absolute Gasteiger partial charge is 0.486 e. The minimum atomic E-state index is -3.22. The highest BCUT2D eigenvalue weighted by atomic mass is 32.2. The van der Waals surface area contributed by atoms with E-state index < -0.39 is 9.84 Å². The Labute approximate surface area is 113 Å². The summed E-state index contributed by atoms with van der Waals surface area (Å²) in [7, 11) is -3.22. The second kappa shape index (κ2) is 4.68. The van der Waals surface area contributed by atoms with Crippen molar-refractivity contribution in [2.45, 2.75) is 17.4 Å². The lowest BCUT2D eigenvalue weighted by atomic mass is 10.2. The summed E-state index contributed by atoms with van der Waals surface area (Å²) in [5.41, 5.74) is 0. The molecule has 19 heavy (non-hydrogen) atoms. The lowest BCUT2D eigenvalue weighted by Crippen LogP contribution is -2.46. The first-order valence-corrected chi connectivity index (χ1v) is 8.27. The molecule has 0 spiro atoms. The Hall–Kier alpha value is -1.27. The minimum absolute atomic E-state index is 0.0254. The molecule has 1 unspecified atom stereocenters. The van der Waals surface area contributed by atoms with Gasteiger partial charge in [-0.15, -0.1) is 0 Å². The van der Waals surface area contributed by atoms with E-state index in [0.29, 0.717) is 18.1 Å². The molecule has 1 fully saturated rings. The van der Waals surface area contributed by atoms with E-state index in [0.717, 1.165) is 19.6 Å². The first kappa shape index (κ1) is 12.7. The summed E-state index contributed by atoms with van der Waals surface area (Å²) in [6, 6.07) is 4.76. The molecule has 0 aromatic heterocycles. The lowest BCUT2D eigenvalue weighted by molar-refractivity contribution is 0.0401. The van der Waals surface area contributed by atoms with Gasteiger partial charge in [0, 0.05) is 18.9 Å². The molecule has 2 heterocycles. The van der Waals surface area contributed by atoms with Crippen molar-refractivity contribution >= 4 is 9.84 Å². The van der Waals surface area contributed by atoms with Crippen molar-refractivity contribution in [2.24, 2.45) is 0 Å². The average molecular weight is 283 g/mol. The van der Waals surface area contributed by atoms with Gasteiger partial charge < -0.3 is 9.47 Å². The fraction of sp³-hybridized carbons (Fsp3) is 0.538. The molecule has 0 N–H and O–H groups in total. The van der Waals surface area contributed by atoms with Crippen LogP contribution in [0.2, 0.25) is 0 Å². The third kappa shape index (κ3) is 2.69. The molecule has 6 heteroatoms. The number of fused-ring (bicyclic) bond motifs is 1. The highest BCUT2D eigenvalue weighted by Gasteiger charge is 2.26. The van der Waals surface area contributed by atoms with E-state index in [-0.39, 0.29) is 11.0 Å². The molecular weight excluding hydrogens is 266 g/mol. The Bertz CT molecular complexity index is 580. The SMILES string of the molecule is CS(=O)(=O)c1ccc2c(c1)OC(CN1CCC1)CO2. The molecule has 0 aliphatic carbocycles. The van der Waals surface area contributed by atoms with Gasteiger partial charge in [0.1, 0.15) is 12.7 Å². The quantitative estimate of drug-likeness (QED) is 0.826. The molecule has 1 saturated heterocycles. The van der Waals surface area contributed by atoms with Crippen LogP contribution in [-0.4, -0.2) is 51.9 Å². The van der Waals surface area contributed by atoms with Crippen LogP contribution in [0.4, 0.5) is 0 Å². The molecule has 2 aliphatic heterocycles. The summed E-state index contributed by atoms with van der Waals surface area (Å²) in [4.78, 5) is 2.57. The van der Waals surface area contributed by atoms with Crippen LogP contribution < -0.4 is 9.47 Å². The second-order valence-electron chi connectivity index (χ2n) is 5.09. The molecule has 0 amide bonds. The van der Waals surface area contributed by atoms with Gasteiger partial charge in [0.25, 0.3) is 0 Å². The first-order chi connectivity index (χ1) is 9.02. The van der Waals surface area contributed by atoms with Gasteiger partial charge in [0.15, 0.2) is 21.3 Å². The van der Waals surface area contributed by atoms with E-state index in [1.165, 1.54) is 12.7 Å². The van der Waals surface area contributed by atoms with E-state index in [1.54, 1.807) is 18.2 Å². The summed E-state index contributed by atoms with van der Waals surface area (Å²) in [6.45, 7) is 3.57. The van der Waals surface area contributed by atoms with Crippen molar-refractivity contribution in [3.8, 4) is 11.5 Å². The second-order valence-corrected chi connectivity index (χ2v) is 7.10. The van der Waals surface area contributed by atoms with E-state index in [2.05, 4.69) is 4.90 Å². The van der Waals surface area contributed by atoms with Crippen molar-refractivity contribution in [3.63, 3.8) is 0 Å².